The van der Waals surface area contributed by atoms with Crippen LogP contribution in [0.1, 0.15) is 24.2 Å². The van der Waals surface area contributed by atoms with Gasteiger partial charge in [0.15, 0.2) is 11.8 Å². The molecular weight excluding hydrogens is 426 g/mol. The van der Waals surface area contributed by atoms with Gasteiger partial charge in [0.1, 0.15) is 31.0 Å². The van der Waals surface area contributed by atoms with E-state index in [4.69, 9.17) is 18.9 Å². The number of ether oxygens (including phenoxy) is 4. The molecule has 0 aliphatic carbocycles. The lowest BCUT2D eigenvalue weighted by Crippen LogP contribution is -2.62. The van der Waals surface area contributed by atoms with E-state index in [1.54, 1.807) is 44.2 Å². The Morgan fingerprint density at radius 2 is 1.53 bits per heavy atom. The van der Waals surface area contributed by atoms with Crippen molar-refractivity contribution in [3.8, 4) is 0 Å². The quantitative estimate of drug-likeness (QED) is 0.122. The summed E-state index contributed by atoms with van der Waals surface area (Å²) in [5, 5.41) is 33.1. The fraction of sp³-hybridized carbons (Fsp3) is 0.476. The van der Waals surface area contributed by atoms with Gasteiger partial charge in [-0.2, -0.15) is 0 Å². The van der Waals surface area contributed by atoms with Gasteiger partial charge in [0, 0.05) is 6.20 Å². The Morgan fingerprint density at radius 3 is 2.09 bits per heavy atom. The van der Waals surface area contributed by atoms with Gasteiger partial charge in [-0.05, 0) is 26.0 Å². The topological polar surface area (TPSA) is 161 Å². The largest absolute Gasteiger partial charge is 0.462 e. The Labute approximate surface area is 184 Å². The van der Waals surface area contributed by atoms with Crippen molar-refractivity contribution in [1.82, 2.24) is 5.32 Å². The van der Waals surface area contributed by atoms with Crippen LogP contribution in [0.25, 0.3) is 0 Å². The highest BCUT2D eigenvalue weighted by Crippen LogP contribution is 2.21. The molecule has 1 heterocycles. The smallest absolute Gasteiger partial charge is 0.347 e. The molecule has 0 bridgehead atoms. The summed E-state index contributed by atoms with van der Waals surface area (Å²) in [5.74, 6) is -2.59. The van der Waals surface area contributed by atoms with Crippen molar-refractivity contribution in [1.29, 1.82) is 0 Å². The van der Waals surface area contributed by atoms with Crippen molar-refractivity contribution in [2.24, 2.45) is 0 Å². The minimum atomic E-state index is -1.66. The summed E-state index contributed by atoms with van der Waals surface area (Å²) in [6.45, 7) is 2.71. The summed E-state index contributed by atoms with van der Waals surface area (Å²) in [7, 11) is 0. The van der Waals surface area contributed by atoms with Crippen molar-refractivity contribution >= 4 is 17.9 Å². The van der Waals surface area contributed by atoms with Crippen LogP contribution >= 0.6 is 0 Å². The van der Waals surface area contributed by atoms with Crippen molar-refractivity contribution in [2.75, 3.05) is 19.8 Å². The molecule has 1 aromatic rings. The molecule has 11 nitrogen and oxygen atoms in total. The molecule has 0 saturated carbocycles. The summed E-state index contributed by atoms with van der Waals surface area (Å²) in [6.07, 6.45) is -6.49. The van der Waals surface area contributed by atoms with Crippen LogP contribution in [0.2, 0.25) is 0 Å². The fourth-order valence-electron chi connectivity index (χ4n) is 2.83. The van der Waals surface area contributed by atoms with Crippen LogP contribution in [0.4, 0.5) is 0 Å². The number of nitrogens with one attached hydrogen (secondary N) is 1. The van der Waals surface area contributed by atoms with Crippen molar-refractivity contribution < 1.29 is 48.7 Å². The van der Waals surface area contributed by atoms with E-state index in [0.29, 0.717) is 0 Å². The van der Waals surface area contributed by atoms with Crippen molar-refractivity contribution in [2.45, 2.75) is 44.5 Å². The van der Waals surface area contributed by atoms with E-state index in [9.17, 15) is 29.7 Å². The number of rotatable bonds is 9. The van der Waals surface area contributed by atoms with Gasteiger partial charge in [0.25, 0.3) is 0 Å². The number of esters is 3. The SMILES string of the molecule is CCOC(=O)C(=CN[C@@H]1O[C@H](COC(=O)c2ccccc2)[C@@H](O)[C@H](O)[C@@H]1O)C(=O)OCC. The van der Waals surface area contributed by atoms with E-state index in [2.05, 4.69) is 5.32 Å². The fourth-order valence-corrected chi connectivity index (χ4v) is 2.83. The molecule has 1 saturated heterocycles. The first-order chi connectivity index (χ1) is 15.3. The summed E-state index contributed by atoms with van der Waals surface area (Å²) in [5.41, 5.74) is -0.207. The summed E-state index contributed by atoms with van der Waals surface area (Å²) < 4.78 is 20.2. The van der Waals surface area contributed by atoms with Crippen LogP contribution < -0.4 is 5.32 Å². The number of hydrogen-bond donors (Lipinski definition) is 4. The molecule has 176 valence electrons. The van der Waals surface area contributed by atoms with Gasteiger partial charge < -0.3 is 39.6 Å². The summed E-state index contributed by atoms with van der Waals surface area (Å²) >= 11 is 0. The number of benzene rings is 1. The van der Waals surface area contributed by atoms with E-state index in [1.165, 1.54) is 0 Å². The van der Waals surface area contributed by atoms with Crippen LogP contribution in [0.5, 0.6) is 0 Å². The molecule has 0 radical (unpaired) electrons. The molecule has 2 rings (SSSR count). The predicted octanol–water partition coefficient (Wildman–Crippen LogP) is -0.749. The molecule has 5 atom stereocenters. The molecule has 0 spiro atoms. The Hall–Kier alpha value is -2.99. The first kappa shape index (κ1) is 25.3. The average molecular weight is 453 g/mol. The number of hydrogen-bond acceptors (Lipinski definition) is 11. The molecule has 1 aliphatic heterocycles. The van der Waals surface area contributed by atoms with E-state index < -0.39 is 60.7 Å². The maximum absolute atomic E-state index is 12.1. The van der Waals surface area contributed by atoms with Crippen LogP contribution in [-0.2, 0) is 28.5 Å². The summed E-state index contributed by atoms with van der Waals surface area (Å²) in [4.78, 5) is 36.2. The second-order valence-electron chi connectivity index (χ2n) is 6.70. The van der Waals surface area contributed by atoms with E-state index in [1.807, 2.05) is 0 Å². The van der Waals surface area contributed by atoms with Gasteiger partial charge in [0.05, 0.1) is 18.8 Å². The second kappa shape index (κ2) is 12.2. The average Bonchev–Trinajstić information content (AvgIpc) is 2.79. The molecule has 1 aromatic carbocycles. The van der Waals surface area contributed by atoms with Gasteiger partial charge >= 0.3 is 17.9 Å². The monoisotopic (exact) mass is 453 g/mol. The third-order valence-corrected chi connectivity index (χ3v) is 4.48. The standard InChI is InChI=1S/C21H27NO10/c1-3-29-20(27)13(21(28)30-4-2)10-22-18-17(25)16(24)15(23)14(32-18)11-31-19(26)12-8-6-5-7-9-12/h5-10,14-18,22-25H,3-4,11H2,1-2H3/t14-,15-,16+,17+,18-/m1/s1. The van der Waals surface area contributed by atoms with Crippen molar-refractivity contribution in [3.63, 3.8) is 0 Å². The number of carbonyl (C=O) groups excluding carboxylic acids is 3. The zero-order valence-corrected chi connectivity index (χ0v) is 17.7. The number of aliphatic hydroxyl groups is 3. The Morgan fingerprint density at radius 1 is 0.938 bits per heavy atom. The normalized spacial score (nSPS) is 24.7. The predicted molar refractivity (Wildman–Crippen MR) is 108 cm³/mol. The summed E-state index contributed by atoms with van der Waals surface area (Å²) in [6, 6.07) is 8.12. The maximum Gasteiger partial charge on any atom is 0.347 e. The van der Waals surface area contributed by atoms with Gasteiger partial charge in [-0.15, -0.1) is 0 Å². The molecule has 0 unspecified atom stereocenters. The van der Waals surface area contributed by atoms with Gasteiger partial charge in [-0.3, -0.25) is 0 Å². The number of aliphatic hydroxyl groups excluding tert-OH is 3. The molecule has 11 heteroatoms. The minimum absolute atomic E-state index is 0.0118. The molecule has 4 N–H and O–H groups in total. The second-order valence-corrected chi connectivity index (χ2v) is 6.70. The minimum Gasteiger partial charge on any atom is -0.462 e. The molecule has 0 amide bonds. The van der Waals surface area contributed by atoms with E-state index in [-0.39, 0.29) is 18.8 Å². The molecule has 1 fully saturated rings. The maximum atomic E-state index is 12.1. The zero-order valence-electron chi connectivity index (χ0n) is 17.7. The lowest BCUT2D eigenvalue weighted by atomic mass is 9.98. The third-order valence-electron chi connectivity index (χ3n) is 4.48. The highest BCUT2D eigenvalue weighted by Gasteiger charge is 2.44. The van der Waals surface area contributed by atoms with Gasteiger partial charge in [-0.25, -0.2) is 14.4 Å². The van der Waals surface area contributed by atoms with Crippen LogP contribution in [0.3, 0.4) is 0 Å². The van der Waals surface area contributed by atoms with E-state index in [0.717, 1.165) is 6.20 Å². The number of carbonyl (C=O) groups is 3. The van der Waals surface area contributed by atoms with E-state index >= 15 is 0 Å². The van der Waals surface area contributed by atoms with Crippen LogP contribution in [0.15, 0.2) is 42.1 Å². The lowest BCUT2D eigenvalue weighted by Gasteiger charge is -2.40. The Balaban J connectivity index is 2.09. The molecule has 32 heavy (non-hydrogen) atoms. The first-order valence-electron chi connectivity index (χ1n) is 10.0. The molecular formula is C21H27NO10. The highest BCUT2D eigenvalue weighted by molar-refractivity contribution is 6.13. The van der Waals surface area contributed by atoms with Crippen LogP contribution in [0, 0.1) is 0 Å². The Kier molecular flexibility index (Phi) is 9.60. The Bertz CT molecular complexity index is 792. The van der Waals surface area contributed by atoms with Gasteiger partial charge in [0.2, 0.25) is 0 Å². The van der Waals surface area contributed by atoms with Gasteiger partial charge in [-0.1, -0.05) is 18.2 Å². The zero-order chi connectivity index (χ0) is 23.7. The molecule has 0 aromatic heterocycles. The third kappa shape index (κ3) is 6.50. The lowest BCUT2D eigenvalue weighted by molar-refractivity contribution is -0.233. The van der Waals surface area contributed by atoms with Crippen LogP contribution in [-0.4, -0.2) is 83.7 Å². The highest BCUT2D eigenvalue weighted by atomic mass is 16.6. The van der Waals surface area contributed by atoms with Crippen molar-refractivity contribution in [3.05, 3.63) is 47.7 Å². The first-order valence-corrected chi connectivity index (χ1v) is 10.0. The molecule has 1 aliphatic rings.